The molecule has 1 amide bonds. The highest BCUT2D eigenvalue weighted by molar-refractivity contribution is 5.94. The topological polar surface area (TPSA) is 63.3 Å². The van der Waals surface area contributed by atoms with Gasteiger partial charge in [0.2, 0.25) is 5.91 Å². The second kappa shape index (κ2) is 6.68. The van der Waals surface area contributed by atoms with Gasteiger partial charge in [-0.3, -0.25) is 4.79 Å². The first-order valence-corrected chi connectivity index (χ1v) is 8.90. The maximum Gasteiger partial charge on any atom is 0.248 e. The zero-order valence-corrected chi connectivity index (χ0v) is 14.4. The predicted octanol–water partition coefficient (Wildman–Crippen LogP) is 4.35. The van der Waals surface area contributed by atoms with Gasteiger partial charge >= 0.3 is 0 Å². The molecule has 0 spiro atoms. The first kappa shape index (κ1) is 16.4. The van der Waals surface area contributed by atoms with Gasteiger partial charge in [-0.15, -0.1) is 0 Å². The van der Waals surface area contributed by atoms with Crippen molar-refractivity contribution in [3.8, 4) is 5.75 Å². The lowest BCUT2D eigenvalue weighted by atomic mass is 9.68. The van der Waals surface area contributed by atoms with E-state index in [1.165, 1.54) is 5.56 Å². The predicted molar refractivity (Wildman–Crippen MR) is 102 cm³/mol. The summed E-state index contributed by atoms with van der Waals surface area (Å²) in [7, 11) is 0. The number of aromatic hydroxyl groups is 1. The molecule has 0 radical (unpaired) electrons. The second-order valence-electron chi connectivity index (χ2n) is 6.87. The number of rotatable bonds is 3. The fourth-order valence-corrected chi connectivity index (χ4v) is 4.24. The largest absolute Gasteiger partial charge is 0.508 e. The van der Waals surface area contributed by atoms with Crippen LogP contribution in [0.4, 0.5) is 0 Å². The number of aryl methyl sites for hydroxylation is 1. The summed E-state index contributed by atoms with van der Waals surface area (Å²) in [5.74, 6) is 0.168. The molecule has 4 rings (SSSR count). The van der Waals surface area contributed by atoms with Gasteiger partial charge in [-0.2, -0.15) is 0 Å². The van der Waals surface area contributed by atoms with Crippen LogP contribution in [-0.4, -0.2) is 11.0 Å². The number of carbonyl (C=O) groups is 1. The van der Waals surface area contributed by atoms with Crippen LogP contribution in [0.5, 0.6) is 5.75 Å². The smallest absolute Gasteiger partial charge is 0.248 e. The van der Waals surface area contributed by atoms with Crippen molar-refractivity contribution < 1.29 is 9.90 Å². The van der Waals surface area contributed by atoms with Gasteiger partial charge in [0.1, 0.15) is 5.75 Å². The Hall–Kier alpha value is -3.07. The lowest BCUT2D eigenvalue weighted by Gasteiger charge is -2.35. The summed E-state index contributed by atoms with van der Waals surface area (Å²) in [6.07, 6.45) is 1.86. The average Bonchev–Trinajstić information content (AvgIpc) is 2.67. The maximum absolute atomic E-state index is 12.1. The van der Waals surface area contributed by atoms with Crippen LogP contribution in [0.15, 0.2) is 72.8 Å². The number of primary amides is 1. The van der Waals surface area contributed by atoms with E-state index in [0.717, 1.165) is 29.5 Å². The van der Waals surface area contributed by atoms with Crippen LogP contribution in [0.3, 0.4) is 0 Å². The zero-order chi connectivity index (χ0) is 18.1. The number of carbonyl (C=O) groups excluding carboxylic acids is 1. The highest BCUT2D eigenvalue weighted by Crippen LogP contribution is 2.47. The number of nitrogens with two attached hydrogens (primary N) is 1. The standard InChI is InChI=1S/C23H21NO2/c24-23(26)21-9-5-4-8-20(21)22-18(15-6-2-1-3-7-15)12-10-16-14-17(25)11-13-19(16)22/h1-9,11,13-14,18,22,25H,10,12H2,(H2,24,26). The Morgan fingerprint density at radius 3 is 2.42 bits per heavy atom. The van der Waals surface area contributed by atoms with Gasteiger partial charge in [-0.1, -0.05) is 54.6 Å². The molecule has 1 aliphatic rings. The van der Waals surface area contributed by atoms with Crippen LogP contribution in [0.2, 0.25) is 0 Å². The molecule has 2 unspecified atom stereocenters. The number of benzene rings is 3. The molecule has 3 nitrogen and oxygen atoms in total. The van der Waals surface area contributed by atoms with E-state index >= 15 is 0 Å². The van der Waals surface area contributed by atoms with E-state index in [1.807, 2.05) is 36.4 Å². The monoisotopic (exact) mass is 343 g/mol. The Balaban J connectivity index is 1.93. The fraction of sp³-hybridized carbons (Fsp3) is 0.174. The molecule has 0 fully saturated rings. The van der Waals surface area contributed by atoms with Crippen molar-refractivity contribution in [3.63, 3.8) is 0 Å². The van der Waals surface area contributed by atoms with Gasteiger partial charge < -0.3 is 10.8 Å². The molecular formula is C23H21NO2. The molecule has 0 saturated heterocycles. The molecule has 130 valence electrons. The molecule has 0 aromatic heterocycles. The van der Waals surface area contributed by atoms with Crippen LogP contribution in [0.25, 0.3) is 0 Å². The van der Waals surface area contributed by atoms with Gasteiger partial charge in [0.15, 0.2) is 0 Å². The van der Waals surface area contributed by atoms with Crippen molar-refractivity contribution in [2.75, 3.05) is 0 Å². The first-order chi connectivity index (χ1) is 12.6. The summed E-state index contributed by atoms with van der Waals surface area (Å²) in [5, 5.41) is 9.90. The average molecular weight is 343 g/mol. The Bertz CT molecular complexity index is 949. The Kier molecular flexibility index (Phi) is 4.21. The SMILES string of the molecule is NC(=O)c1ccccc1C1c2ccc(O)cc2CCC1c1ccccc1. The third kappa shape index (κ3) is 2.86. The summed E-state index contributed by atoms with van der Waals surface area (Å²) in [5.41, 5.74) is 10.8. The Morgan fingerprint density at radius 2 is 1.65 bits per heavy atom. The number of phenols is 1. The van der Waals surface area contributed by atoms with Crippen molar-refractivity contribution in [1.29, 1.82) is 0 Å². The van der Waals surface area contributed by atoms with E-state index < -0.39 is 5.91 Å². The molecule has 1 aliphatic carbocycles. The maximum atomic E-state index is 12.1. The molecule has 0 heterocycles. The Morgan fingerprint density at radius 1 is 0.923 bits per heavy atom. The van der Waals surface area contributed by atoms with Crippen molar-refractivity contribution in [1.82, 2.24) is 0 Å². The van der Waals surface area contributed by atoms with Gasteiger partial charge in [0, 0.05) is 11.5 Å². The molecule has 26 heavy (non-hydrogen) atoms. The second-order valence-corrected chi connectivity index (χ2v) is 6.87. The fourth-order valence-electron chi connectivity index (χ4n) is 4.24. The van der Waals surface area contributed by atoms with E-state index in [0.29, 0.717) is 5.56 Å². The van der Waals surface area contributed by atoms with E-state index in [-0.39, 0.29) is 17.6 Å². The van der Waals surface area contributed by atoms with E-state index in [9.17, 15) is 9.90 Å². The van der Waals surface area contributed by atoms with Crippen LogP contribution in [-0.2, 0) is 6.42 Å². The summed E-state index contributed by atoms with van der Waals surface area (Å²) >= 11 is 0. The molecule has 3 aromatic carbocycles. The van der Waals surface area contributed by atoms with E-state index in [4.69, 9.17) is 5.73 Å². The lowest BCUT2D eigenvalue weighted by Crippen LogP contribution is -2.24. The number of amides is 1. The third-order valence-corrected chi connectivity index (χ3v) is 5.38. The summed E-state index contributed by atoms with van der Waals surface area (Å²) in [6, 6.07) is 23.6. The first-order valence-electron chi connectivity index (χ1n) is 8.90. The molecule has 3 aromatic rings. The number of fused-ring (bicyclic) bond motifs is 1. The van der Waals surface area contributed by atoms with Crippen LogP contribution in [0.1, 0.15) is 50.9 Å². The van der Waals surface area contributed by atoms with Crippen LogP contribution in [0, 0.1) is 0 Å². The molecule has 3 heteroatoms. The van der Waals surface area contributed by atoms with Gasteiger partial charge in [-0.05, 0) is 59.2 Å². The minimum absolute atomic E-state index is 0.0328. The molecule has 2 atom stereocenters. The molecule has 0 saturated carbocycles. The van der Waals surface area contributed by atoms with Crippen molar-refractivity contribution >= 4 is 5.91 Å². The van der Waals surface area contributed by atoms with Crippen molar-refractivity contribution in [2.24, 2.45) is 5.73 Å². The van der Waals surface area contributed by atoms with Crippen molar-refractivity contribution in [2.45, 2.75) is 24.7 Å². The number of hydrogen-bond acceptors (Lipinski definition) is 2. The van der Waals surface area contributed by atoms with E-state index in [2.05, 4.69) is 24.3 Å². The highest BCUT2D eigenvalue weighted by atomic mass is 16.3. The third-order valence-electron chi connectivity index (χ3n) is 5.38. The molecule has 0 aliphatic heterocycles. The molecule has 3 N–H and O–H groups in total. The minimum Gasteiger partial charge on any atom is -0.508 e. The number of phenolic OH excluding ortho intramolecular Hbond substituents is 1. The Labute approximate surface area is 153 Å². The van der Waals surface area contributed by atoms with Crippen LogP contribution < -0.4 is 5.73 Å². The highest BCUT2D eigenvalue weighted by Gasteiger charge is 2.33. The van der Waals surface area contributed by atoms with Gasteiger partial charge in [0.25, 0.3) is 0 Å². The molecular weight excluding hydrogens is 322 g/mol. The van der Waals surface area contributed by atoms with E-state index in [1.54, 1.807) is 12.1 Å². The minimum atomic E-state index is -0.404. The lowest BCUT2D eigenvalue weighted by molar-refractivity contribution is 0.0999. The quantitative estimate of drug-likeness (QED) is 0.742. The summed E-state index contributed by atoms with van der Waals surface area (Å²) < 4.78 is 0. The van der Waals surface area contributed by atoms with Crippen LogP contribution >= 0.6 is 0 Å². The van der Waals surface area contributed by atoms with Gasteiger partial charge in [0.05, 0.1) is 0 Å². The van der Waals surface area contributed by atoms with Gasteiger partial charge in [-0.25, -0.2) is 0 Å². The molecule has 0 bridgehead atoms. The summed E-state index contributed by atoms with van der Waals surface area (Å²) in [4.78, 5) is 12.1. The normalized spacial score (nSPS) is 18.9. The van der Waals surface area contributed by atoms with Crippen molar-refractivity contribution in [3.05, 3.63) is 101 Å². The summed E-state index contributed by atoms with van der Waals surface area (Å²) in [6.45, 7) is 0. The number of hydrogen-bond donors (Lipinski definition) is 2. The zero-order valence-electron chi connectivity index (χ0n) is 14.4.